The van der Waals surface area contributed by atoms with Gasteiger partial charge in [-0.1, -0.05) is 0 Å². The van der Waals surface area contributed by atoms with E-state index < -0.39 is 5.97 Å². The molecule has 0 aliphatic heterocycles. The number of nitrogens with one attached hydrogen (secondary N) is 1. The highest BCUT2D eigenvalue weighted by Gasteiger charge is 2.36. The van der Waals surface area contributed by atoms with Gasteiger partial charge in [-0.25, -0.2) is 4.98 Å². The molecule has 5 nitrogen and oxygen atoms in total. The molecule has 0 radical (unpaired) electrons. The molecule has 0 bridgehead atoms. The highest BCUT2D eigenvalue weighted by atomic mass is 16.4. The summed E-state index contributed by atoms with van der Waals surface area (Å²) in [5, 5.41) is 12.0. The van der Waals surface area contributed by atoms with E-state index in [1.807, 2.05) is 13.8 Å². The molecule has 0 aromatic carbocycles. The number of hydrogen-bond donors (Lipinski definition) is 2. The molecular weight excluding hydrogens is 208 g/mol. The van der Waals surface area contributed by atoms with Crippen LogP contribution in [0.25, 0.3) is 0 Å². The molecule has 88 valence electrons. The number of aliphatic carboxylic acids is 1. The first-order chi connectivity index (χ1) is 7.58. The van der Waals surface area contributed by atoms with E-state index in [4.69, 9.17) is 9.52 Å². The molecule has 2 rings (SSSR count). The van der Waals surface area contributed by atoms with Gasteiger partial charge in [0.1, 0.15) is 5.76 Å². The fourth-order valence-electron chi connectivity index (χ4n) is 1.87. The van der Waals surface area contributed by atoms with Crippen molar-refractivity contribution in [1.29, 1.82) is 0 Å². The van der Waals surface area contributed by atoms with Crippen molar-refractivity contribution in [2.24, 2.45) is 5.92 Å². The van der Waals surface area contributed by atoms with Gasteiger partial charge in [-0.3, -0.25) is 4.79 Å². The lowest BCUT2D eigenvalue weighted by Gasteiger charge is -2.33. The molecule has 1 saturated carbocycles. The van der Waals surface area contributed by atoms with Gasteiger partial charge < -0.3 is 14.8 Å². The molecule has 1 aliphatic rings. The molecular formula is C11H16N2O3. The van der Waals surface area contributed by atoms with Gasteiger partial charge in [-0.05, 0) is 26.7 Å². The quantitative estimate of drug-likeness (QED) is 0.804. The van der Waals surface area contributed by atoms with Gasteiger partial charge in [0.25, 0.3) is 0 Å². The third-order valence-electron chi connectivity index (χ3n) is 3.18. The number of hydrogen-bond acceptors (Lipinski definition) is 4. The number of carboxylic acids is 1. The standard InChI is InChI=1S/C11H16N2O3/c1-6-7(2)16-10(13-6)5-12-9-4-3-8(9)11(14)15/h8-9,12H,3-5H2,1-2H3,(H,14,15). The Kier molecular flexibility index (Phi) is 2.96. The average Bonchev–Trinajstić information content (AvgIpc) is 2.43. The smallest absolute Gasteiger partial charge is 0.308 e. The Labute approximate surface area is 93.9 Å². The van der Waals surface area contributed by atoms with Crippen molar-refractivity contribution in [3.05, 3.63) is 17.3 Å². The summed E-state index contributed by atoms with van der Waals surface area (Å²) in [6, 6.07) is 0.0602. The summed E-state index contributed by atoms with van der Waals surface area (Å²) in [5.41, 5.74) is 0.889. The van der Waals surface area contributed by atoms with Gasteiger partial charge in [-0.2, -0.15) is 0 Å². The van der Waals surface area contributed by atoms with E-state index in [1.54, 1.807) is 0 Å². The first-order valence-corrected chi connectivity index (χ1v) is 5.47. The highest BCUT2D eigenvalue weighted by molar-refractivity contribution is 5.72. The minimum absolute atomic E-state index is 0.0602. The summed E-state index contributed by atoms with van der Waals surface area (Å²) >= 11 is 0. The van der Waals surface area contributed by atoms with Crippen molar-refractivity contribution in [2.45, 2.75) is 39.3 Å². The van der Waals surface area contributed by atoms with E-state index in [2.05, 4.69) is 10.3 Å². The zero-order valence-corrected chi connectivity index (χ0v) is 9.49. The van der Waals surface area contributed by atoms with Crippen molar-refractivity contribution in [3.63, 3.8) is 0 Å². The summed E-state index contributed by atoms with van der Waals surface area (Å²) in [7, 11) is 0. The van der Waals surface area contributed by atoms with E-state index in [9.17, 15) is 4.79 Å². The summed E-state index contributed by atoms with van der Waals surface area (Å²) in [6.45, 7) is 4.27. The van der Waals surface area contributed by atoms with Crippen LogP contribution in [-0.4, -0.2) is 22.1 Å². The van der Waals surface area contributed by atoms with E-state index in [1.165, 1.54) is 0 Å². The monoisotopic (exact) mass is 224 g/mol. The lowest BCUT2D eigenvalue weighted by molar-refractivity contribution is -0.146. The molecule has 0 saturated heterocycles. The molecule has 1 fully saturated rings. The van der Waals surface area contributed by atoms with Crippen LogP contribution >= 0.6 is 0 Å². The van der Waals surface area contributed by atoms with Crippen LogP contribution in [-0.2, 0) is 11.3 Å². The molecule has 2 atom stereocenters. The molecule has 0 spiro atoms. The minimum atomic E-state index is -0.719. The Hall–Kier alpha value is -1.36. The Morgan fingerprint density at radius 1 is 1.56 bits per heavy atom. The van der Waals surface area contributed by atoms with Gasteiger partial charge in [-0.15, -0.1) is 0 Å². The second-order valence-electron chi connectivity index (χ2n) is 4.26. The SMILES string of the molecule is Cc1nc(CNC2CCC2C(=O)O)oc1C. The maximum absolute atomic E-state index is 10.8. The number of aromatic nitrogens is 1. The molecule has 16 heavy (non-hydrogen) atoms. The third-order valence-corrected chi connectivity index (χ3v) is 3.18. The van der Waals surface area contributed by atoms with Crippen LogP contribution in [0.3, 0.4) is 0 Å². The molecule has 1 aliphatic carbocycles. The second-order valence-corrected chi connectivity index (χ2v) is 4.26. The number of oxazole rings is 1. The zero-order valence-electron chi connectivity index (χ0n) is 9.49. The van der Waals surface area contributed by atoms with Crippen LogP contribution in [0.15, 0.2) is 4.42 Å². The van der Waals surface area contributed by atoms with E-state index in [-0.39, 0.29) is 12.0 Å². The Bertz CT molecular complexity index is 380. The molecule has 2 N–H and O–H groups in total. The van der Waals surface area contributed by atoms with Gasteiger partial charge >= 0.3 is 5.97 Å². The molecule has 1 heterocycles. The maximum atomic E-state index is 10.8. The van der Waals surface area contributed by atoms with E-state index >= 15 is 0 Å². The largest absolute Gasteiger partial charge is 0.481 e. The van der Waals surface area contributed by atoms with Crippen LogP contribution in [0.1, 0.15) is 30.2 Å². The Balaban J connectivity index is 1.86. The van der Waals surface area contributed by atoms with Crippen molar-refractivity contribution < 1.29 is 14.3 Å². The third kappa shape index (κ3) is 2.09. The molecule has 2 unspecified atom stereocenters. The van der Waals surface area contributed by atoms with Crippen molar-refractivity contribution >= 4 is 5.97 Å². The lowest BCUT2D eigenvalue weighted by atomic mass is 9.79. The number of nitrogens with zero attached hydrogens (tertiary/aromatic N) is 1. The van der Waals surface area contributed by atoms with Crippen LogP contribution in [0, 0.1) is 19.8 Å². The van der Waals surface area contributed by atoms with Crippen molar-refractivity contribution in [2.75, 3.05) is 0 Å². The number of aryl methyl sites for hydroxylation is 2. The predicted molar refractivity (Wildman–Crippen MR) is 57.0 cm³/mol. The van der Waals surface area contributed by atoms with Crippen LogP contribution in [0.5, 0.6) is 0 Å². The molecule has 1 aromatic heterocycles. The van der Waals surface area contributed by atoms with Gasteiger partial charge in [0.2, 0.25) is 5.89 Å². The highest BCUT2D eigenvalue weighted by Crippen LogP contribution is 2.27. The molecule has 5 heteroatoms. The number of carbonyl (C=O) groups is 1. The zero-order chi connectivity index (χ0) is 11.7. The van der Waals surface area contributed by atoms with Gasteiger partial charge in [0.15, 0.2) is 0 Å². The average molecular weight is 224 g/mol. The van der Waals surface area contributed by atoms with Crippen LogP contribution < -0.4 is 5.32 Å². The predicted octanol–water partition coefficient (Wildman–Crippen LogP) is 1.24. The lowest BCUT2D eigenvalue weighted by Crippen LogP contribution is -2.47. The van der Waals surface area contributed by atoms with Gasteiger partial charge in [0.05, 0.1) is 18.2 Å². The summed E-state index contributed by atoms with van der Waals surface area (Å²) in [6.07, 6.45) is 1.67. The second kappa shape index (κ2) is 4.25. The Morgan fingerprint density at radius 2 is 2.31 bits per heavy atom. The summed E-state index contributed by atoms with van der Waals surface area (Å²) < 4.78 is 5.41. The molecule has 1 aromatic rings. The number of carboxylic acid groups (broad SMARTS) is 1. The fourth-order valence-corrected chi connectivity index (χ4v) is 1.87. The van der Waals surface area contributed by atoms with Crippen molar-refractivity contribution in [1.82, 2.24) is 10.3 Å². The summed E-state index contributed by atoms with van der Waals surface area (Å²) in [5.74, 6) is 0.479. The summed E-state index contributed by atoms with van der Waals surface area (Å²) in [4.78, 5) is 15.0. The topological polar surface area (TPSA) is 75.4 Å². The van der Waals surface area contributed by atoms with E-state index in [0.29, 0.717) is 12.4 Å². The van der Waals surface area contributed by atoms with Gasteiger partial charge in [0, 0.05) is 6.04 Å². The van der Waals surface area contributed by atoms with E-state index in [0.717, 1.165) is 24.3 Å². The van der Waals surface area contributed by atoms with Crippen LogP contribution in [0.4, 0.5) is 0 Å². The first-order valence-electron chi connectivity index (χ1n) is 5.47. The maximum Gasteiger partial charge on any atom is 0.308 e. The normalized spacial score (nSPS) is 24.1. The van der Waals surface area contributed by atoms with Crippen LogP contribution in [0.2, 0.25) is 0 Å². The fraction of sp³-hybridized carbons (Fsp3) is 0.636. The molecule has 0 amide bonds. The minimum Gasteiger partial charge on any atom is -0.481 e. The van der Waals surface area contributed by atoms with Crippen molar-refractivity contribution in [3.8, 4) is 0 Å². The Morgan fingerprint density at radius 3 is 2.75 bits per heavy atom. The number of rotatable bonds is 4. The first kappa shape index (κ1) is 11.1.